The summed E-state index contributed by atoms with van der Waals surface area (Å²) in [6.45, 7) is 0. The van der Waals surface area contributed by atoms with Gasteiger partial charge in [0.05, 0.1) is 12.8 Å². The highest BCUT2D eigenvalue weighted by Gasteiger charge is 2.42. The van der Waals surface area contributed by atoms with Gasteiger partial charge in [-0.25, -0.2) is 9.07 Å². The first-order valence-electron chi connectivity index (χ1n) is 10.9. The van der Waals surface area contributed by atoms with Crippen LogP contribution in [-0.4, -0.2) is 28.1 Å². The molecule has 6 rings (SSSR count). The number of aromatic nitrogens is 3. The first-order chi connectivity index (χ1) is 17.1. The van der Waals surface area contributed by atoms with Crippen LogP contribution in [-0.2, 0) is 0 Å². The number of methoxy groups -OCH3 is 1. The van der Waals surface area contributed by atoms with Crippen LogP contribution in [0.2, 0.25) is 5.02 Å². The van der Waals surface area contributed by atoms with Crippen molar-refractivity contribution in [1.29, 1.82) is 0 Å². The number of anilines is 1. The number of halogens is 2. The largest absolute Gasteiger partial charge is 0.497 e. The Morgan fingerprint density at radius 2 is 1.91 bits per heavy atom. The zero-order valence-corrected chi connectivity index (χ0v) is 20.4. The van der Waals surface area contributed by atoms with Crippen LogP contribution in [0, 0.1) is 5.82 Å². The maximum Gasteiger partial charge on any atom is 0.227 e. The third-order valence-corrected chi connectivity index (χ3v) is 6.99. The zero-order chi connectivity index (χ0) is 24.1. The summed E-state index contributed by atoms with van der Waals surface area (Å²) < 4.78 is 28.8. The van der Waals surface area contributed by atoms with E-state index in [0.717, 1.165) is 28.1 Å². The van der Waals surface area contributed by atoms with Gasteiger partial charge in [-0.1, -0.05) is 53.7 Å². The summed E-state index contributed by atoms with van der Waals surface area (Å²) in [5.74, 6) is 1.60. The lowest BCUT2D eigenvalue weighted by atomic mass is 9.84. The molecule has 0 unspecified atom stereocenters. The molecule has 176 valence electrons. The SMILES string of the molecule is COc1ccc([C@@H]2C3=C(Nc4nc(SC)nn42)c2cc(Cl)ccc2O[C@H]3c2ccccc2F)cc1. The third-order valence-electron chi connectivity index (χ3n) is 6.22. The molecular weight excluding hydrogens is 487 g/mol. The second-order valence-corrected chi connectivity index (χ2v) is 9.37. The van der Waals surface area contributed by atoms with Gasteiger partial charge in [0.2, 0.25) is 11.1 Å². The fraction of sp³-hybridized carbons (Fsp3) is 0.154. The highest BCUT2D eigenvalue weighted by molar-refractivity contribution is 7.98. The molecule has 0 fully saturated rings. The standard InChI is InChI=1S/C26H20ClFN4O2S/c1-33-16-10-7-14(8-11-16)23-21-22(29-25-30-26(35-2)31-32(23)25)18-13-15(27)9-12-20(18)34-24(21)17-5-3-4-6-19(17)28/h3-13,23-24H,1-2H3,(H,29,30,31)/t23-,24+/m1/s1. The van der Waals surface area contributed by atoms with E-state index in [9.17, 15) is 0 Å². The van der Waals surface area contributed by atoms with Crippen LogP contribution in [0.4, 0.5) is 10.3 Å². The number of thioether (sulfide) groups is 1. The minimum Gasteiger partial charge on any atom is -0.497 e. The topological polar surface area (TPSA) is 61.2 Å². The Morgan fingerprint density at radius 3 is 2.66 bits per heavy atom. The van der Waals surface area contributed by atoms with E-state index in [4.69, 9.17) is 26.2 Å². The average Bonchev–Trinajstić information content (AvgIpc) is 3.30. The molecule has 2 aliphatic heterocycles. The molecule has 0 bridgehead atoms. The van der Waals surface area contributed by atoms with Crippen LogP contribution < -0.4 is 14.8 Å². The number of hydrogen-bond acceptors (Lipinski definition) is 6. The molecule has 2 atom stereocenters. The number of nitrogens with one attached hydrogen (secondary N) is 1. The number of ether oxygens (including phenoxy) is 2. The van der Waals surface area contributed by atoms with Gasteiger partial charge in [0.1, 0.15) is 23.4 Å². The lowest BCUT2D eigenvalue weighted by molar-refractivity contribution is 0.218. The van der Waals surface area contributed by atoms with Crippen molar-refractivity contribution in [2.75, 3.05) is 18.7 Å². The monoisotopic (exact) mass is 506 g/mol. The van der Waals surface area contributed by atoms with Gasteiger partial charge < -0.3 is 14.8 Å². The molecule has 0 saturated heterocycles. The van der Waals surface area contributed by atoms with Gasteiger partial charge in [0, 0.05) is 21.7 Å². The van der Waals surface area contributed by atoms with Gasteiger partial charge in [0.15, 0.2) is 6.10 Å². The molecule has 0 saturated carbocycles. The quantitative estimate of drug-likeness (QED) is 0.325. The number of fused-ring (bicyclic) bond motifs is 3. The molecule has 0 amide bonds. The predicted molar refractivity (Wildman–Crippen MR) is 135 cm³/mol. The molecule has 3 aromatic carbocycles. The van der Waals surface area contributed by atoms with Crippen molar-refractivity contribution in [3.8, 4) is 11.5 Å². The van der Waals surface area contributed by atoms with Crippen molar-refractivity contribution >= 4 is 35.0 Å². The molecular formula is C26H20ClFN4O2S. The summed E-state index contributed by atoms with van der Waals surface area (Å²) in [7, 11) is 1.63. The molecule has 6 nitrogen and oxygen atoms in total. The molecule has 9 heteroatoms. The fourth-order valence-corrected chi connectivity index (χ4v) is 5.14. The third kappa shape index (κ3) is 3.64. The number of nitrogens with zero attached hydrogens (tertiary/aromatic N) is 3. The van der Waals surface area contributed by atoms with Gasteiger partial charge in [-0.2, -0.15) is 4.98 Å². The van der Waals surface area contributed by atoms with Crippen LogP contribution in [0.3, 0.4) is 0 Å². The summed E-state index contributed by atoms with van der Waals surface area (Å²) in [4.78, 5) is 4.68. The molecule has 0 spiro atoms. The summed E-state index contributed by atoms with van der Waals surface area (Å²) in [6, 6.07) is 19.5. The lowest BCUT2D eigenvalue weighted by Gasteiger charge is -2.39. The second kappa shape index (κ2) is 8.62. The van der Waals surface area contributed by atoms with Gasteiger partial charge >= 0.3 is 0 Å². The molecule has 1 N–H and O–H groups in total. The smallest absolute Gasteiger partial charge is 0.227 e. The van der Waals surface area contributed by atoms with E-state index in [0.29, 0.717) is 27.4 Å². The van der Waals surface area contributed by atoms with Crippen molar-refractivity contribution in [3.05, 3.63) is 99.8 Å². The maximum atomic E-state index is 15.2. The van der Waals surface area contributed by atoms with E-state index < -0.39 is 12.1 Å². The predicted octanol–water partition coefficient (Wildman–Crippen LogP) is 6.36. The van der Waals surface area contributed by atoms with Gasteiger partial charge in [0.25, 0.3) is 0 Å². The Labute approximate surface area is 210 Å². The highest BCUT2D eigenvalue weighted by Crippen LogP contribution is 2.51. The molecule has 35 heavy (non-hydrogen) atoms. The van der Waals surface area contributed by atoms with E-state index in [1.54, 1.807) is 25.3 Å². The van der Waals surface area contributed by atoms with Crippen LogP contribution >= 0.6 is 23.4 Å². The van der Waals surface area contributed by atoms with Gasteiger partial charge in [-0.05, 0) is 48.2 Å². The van der Waals surface area contributed by atoms with E-state index in [1.165, 1.54) is 17.8 Å². The van der Waals surface area contributed by atoms with E-state index in [-0.39, 0.29) is 5.82 Å². The van der Waals surface area contributed by atoms with Crippen molar-refractivity contribution in [1.82, 2.24) is 14.8 Å². The number of benzene rings is 3. The minimum absolute atomic E-state index is 0.343. The van der Waals surface area contributed by atoms with Crippen molar-refractivity contribution in [2.24, 2.45) is 0 Å². The Hall–Kier alpha value is -3.49. The summed E-state index contributed by atoms with van der Waals surface area (Å²) in [5.41, 5.74) is 3.78. The molecule has 3 heterocycles. The minimum atomic E-state index is -0.699. The van der Waals surface area contributed by atoms with Gasteiger partial charge in [-0.3, -0.25) is 0 Å². The summed E-state index contributed by atoms with van der Waals surface area (Å²) >= 11 is 7.84. The van der Waals surface area contributed by atoms with Crippen LogP contribution in [0.5, 0.6) is 11.5 Å². The maximum absolute atomic E-state index is 15.2. The van der Waals surface area contributed by atoms with Crippen molar-refractivity contribution < 1.29 is 13.9 Å². The van der Waals surface area contributed by atoms with E-state index in [1.807, 2.05) is 53.4 Å². The number of rotatable bonds is 4. The normalized spacial score (nSPS) is 18.2. The van der Waals surface area contributed by atoms with Gasteiger partial charge in [-0.15, -0.1) is 5.10 Å². The Morgan fingerprint density at radius 1 is 1.11 bits per heavy atom. The zero-order valence-electron chi connectivity index (χ0n) is 18.8. The van der Waals surface area contributed by atoms with Crippen LogP contribution in [0.1, 0.15) is 28.8 Å². The number of hydrogen-bond donors (Lipinski definition) is 1. The Bertz CT molecular complexity index is 1470. The molecule has 1 aromatic heterocycles. The second-order valence-electron chi connectivity index (χ2n) is 8.16. The average molecular weight is 507 g/mol. The Kier molecular flexibility index (Phi) is 5.42. The molecule has 2 aliphatic rings. The fourth-order valence-electron chi connectivity index (χ4n) is 4.62. The molecule has 4 aromatic rings. The van der Waals surface area contributed by atoms with Crippen molar-refractivity contribution in [3.63, 3.8) is 0 Å². The summed E-state index contributed by atoms with van der Waals surface area (Å²) in [6.07, 6.45) is 1.23. The van der Waals surface area contributed by atoms with Crippen LogP contribution in [0.25, 0.3) is 5.70 Å². The Balaban J connectivity index is 1.64. The van der Waals surface area contributed by atoms with Crippen LogP contribution in [0.15, 0.2) is 77.5 Å². The van der Waals surface area contributed by atoms with E-state index >= 15 is 4.39 Å². The van der Waals surface area contributed by atoms with Crippen molar-refractivity contribution in [2.45, 2.75) is 17.3 Å². The van der Waals surface area contributed by atoms with E-state index in [2.05, 4.69) is 10.3 Å². The lowest BCUT2D eigenvalue weighted by Crippen LogP contribution is -2.32. The molecule has 0 aliphatic carbocycles. The highest BCUT2D eigenvalue weighted by atomic mass is 35.5. The molecule has 0 radical (unpaired) electrons. The first-order valence-corrected chi connectivity index (χ1v) is 12.5. The first kappa shape index (κ1) is 22.0. The summed E-state index contributed by atoms with van der Waals surface area (Å²) in [5, 5.41) is 9.40.